The van der Waals surface area contributed by atoms with Crippen molar-refractivity contribution in [1.29, 1.82) is 0 Å². The van der Waals surface area contributed by atoms with Crippen LogP contribution in [0, 0.1) is 0 Å². The van der Waals surface area contributed by atoms with Crippen molar-refractivity contribution in [1.82, 2.24) is 5.32 Å². The van der Waals surface area contributed by atoms with Gasteiger partial charge < -0.3 is 10.1 Å². The van der Waals surface area contributed by atoms with Crippen LogP contribution in [-0.4, -0.2) is 24.6 Å². The van der Waals surface area contributed by atoms with E-state index >= 15 is 0 Å². The first-order chi connectivity index (χ1) is 5.66. The molecule has 1 N–H and O–H groups in total. The Morgan fingerprint density at radius 3 is 2.67 bits per heavy atom. The summed E-state index contributed by atoms with van der Waals surface area (Å²) in [6.07, 6.45) is 1.37. The van der Waals surface area contributed by atoms with Crippen molar-refractivity contribution in [3.8, 4) is 0 Å². The van der Waals surface area contributed by atoms with E-state index in [1.54, 1.807) is 0 Å². The molecule has 0 aliphatic carbocycles. The molecule has 1 amide bonds. The quantitative estimate of drug-likeness (QED) is 0.537. The lowest BCUT2D eigenvalue weighted by molar-refractivity contribution is 0.142. The summed E-state index contributed by atoms with van der Waals surface area (Å²) >= 11 is 5.45. The average Bonchev–Trinajstić information content (AvgIpc) is 1.97. The van der Waals surface area contributed by atoms with Gasteiger partial charge in [-0.3, -0.25) is 0 Å². The van der Waals surface area contributed by atoms with Crippen molar-refractivity contribution in [2.45, 2.75) is 32.7 Å². The second-order valence-corrected chi connectivity index (χ2v) is 3.21. The molecule has 0 unspecified atom stereocenters. The van der Waals surface area contributed by atoms with E-state index < -0.39 is 0 Å². The fourth-order valence-electron chi connectivity index (χ4n) is 0.639. The van der Waals surface area contributed by atoms with Crippen LogP contribution in [0.2, 0.25) is 0 Å². The monoisotopic (exact) mass is 193 g/mol. The molecule has 0 fully saturated rings. The second kappa shape index (κ2) is 7.22. The summed E-state index contributed by atoms with van der Waals surface area (Å²) in [7, 11) is 0. The summed E-state index contributed by atoms with van der Waals surface area (Å²) in [5.74, 6) is 0.620. The minimum absolute atomic E-state index is 0.130. The lowest BCUT2D eigenvalue weighted by Crippen LogP contribution is -2.30. The van der Waals surface area contributed by atoms with Gasteiger partial charge >= 0.3 is 6.09 Å². The Labute approximate surface area is 78.4 Å². The fourth-order valence-corrected chi connectivity index (χ4v) is 0.828. The van der Waals surface area contributed by atoms with Crippen LogP contribution >= 0.6 is 11.6 Å². The van der Waals surface area contributed by atoms with Crippen LogP contribution in [0.1, 0.15) is 26.7 Å². The smallest absolute Gasteiger partial charge is 0.407 e. The summed E-state index contributed by atoms with van der Waals surface area (Å²) in [5, 5.41) is 2.63. The van der Waals surface area contributed by atoms with Crippen LogP contribution in [0.25, 0.3) is 0 Å². The Kier molecular flexibility index (Phi) is 6.96. The van der Waals surface area contributed by atoms with Crippen molar-refractivity contribution in [3.63, 3.8) is 0 Å². The standard InChI is InChI=1S/C8H16ClNO2/c1-7(2)10-8(11)12-6-4-3-5-9/h7H,3-6H2,1-2H3,(H,10,11). The van der Waals surface area contributed by atoms with Crippen LogP contribution in [-0.2, 0) is 4.74 Å². The molecule has 0 saturated carbocycles. The number of hydrogen-bond acceptors (Lipinski definition) is 2. The predicted molar refractivity (Wildman–Crippen MR) is 49.6 cm³/mol. The highest BCUT2D eigenvalue weighted by molar-refractivity contribution is 6.17. The number of ether oxygens (including phenoxy) is 1. The van der Waals surface area contributed by atoms with E-state index in [1.807, 2.05) is 13.8 Å². The minimum atomic E-state index is -0.348. The fraction of sp³-hybridized carbons (Fsp3) is 0.875. The molecule has 3 nitrogen and oxygen atoms in total. The number of carbonyl (C=O) groups excluding carboxylic acids is 1. The van der Waals surface area contributed by atoms with Gasteiger partial charge in [-0.1, -0.05) is 0 Å². The van der Waals surface area contributed by atoms with E-state index in [9.17, 15) is 4.79 Å². The Balaban J connectivity index is 3.20. The van der Waals surface area contributed by atoms with Crippen LogP contribution in [0.4, 0.5) is 4.79 Å². The Morgan fingerprint density at radius 2 is 2.17 bits per heavy atom. The van der Waals surface area contributed by atoms with Gasteiger partial charge in [0, 0.05) is 11.9 Å². The highest BCUT2D eigenvalue weighted by Gasteiger charge is 2.02. The molecule has 4 heteroatoms. The van der Waals surface area contributed by atoms with E-state index in [4.69, 9.17) is 16.3 Å². The molecule has 0 bridgehead atoms. The largest absolute Gasteiger partial charge is 0.450 e. The van der Waals surface area contributed by atoms with E-state index in [1.165, 1.54) is 0 Å². The van der Waals surface area contributed by atoms with Crippen molar-refractivity contribution in [2.75, 3.05) is 12.5 Å². The Hall–Kier alpha value is -0.440. The maximum Gasteiger partial charge on any atom is 0.407 e. The molecule has 0 aliphatic heterocycles. The van der Waals surface area contributed by atoms with Crippen molar-refractivity contribution in [3.05, 3.63) is 0 Å². The lowest BCUT2D eigenvalue weighted by atomic mass is 10.4. The van der Waals surface area contributed by atoms with Gasteiger partial charge in [0.2, 0.25) is 0 Å². The van der Waals surface area contributed by atoms with Gasteiger partial charge in [0.25, 0.3) is 0 Å². The molecule has 0 rings (SSSR count). The topological polar surface area (TPSA) is 38.3 Å². The van der Waals surface area contributed by atoms with Crippen molar-refractivity contribution in [2.24, 2.45) is 0 Å². The first-order valence-electron chi connectivity index (χ1n) is 4.16. The molecule has 72 valence electrons. The Bertz CT molecular complexity index is 128. The number of halogens is 1. The third-order valence-corrected chi connectivity index (χ3v) is 1.43. The maximum absolute atomic E-state index is 10.9. The highest BCUT2D eigenvalue weighted by Crippen LogP contribution is 1.93. The van der Waals surface area contributed by atoms with Gasteiger partial charge in [0.05, 0.1) is 6.61 Å². The molecule has 0 aromatic heterocycles. The Morgan fingerprint density at radius 1 is 1.50 bits per heavy atom. The summed E-state index contributed by atoms with van der Waals surface area (Å²) in [6, 6.07) is 0.130. The SMILES string of the molecule is CC(C)NC(=O)OCCCCCl. The number of rotatable bonds is 5. The molecule has 0 radical (unpaired) electrons. The van der Waals surface area contributed by atoms with Crippen molar-refractivity contribution >= 4 is 17.7 Å². The van der Waals surface area contributed by atoms with Gasteiger partial charge in [-0.05, 0) is 26.7 Å². The third-order valence-electron chi connectivity index (χ3n) is 1.17. The molecule has 0 aliphatic rings. The normalized spacial score (nSPS) is 10.0. The molecule has 12 heavy (non-hydrogen) atoms. The summed E-state index contributed by atoms with van der Waals surface area (Å²) in [5.41, 5.74) is 0. The maximum atomic E-state index is 10.9. The second-order valence-electron chi connectivity index (χ2n) is 2.83. The molecule has 0 atom stereocenters. The number of unbranched alkanes of at least 4 members (excludes halogenated alkanes) is 1. The first-order valence-corrected chi connectivity index (χ1v) is 4.69. The van der Waals surface area contributed by atoms with Gasteiger partial charge in [0.1, 0.15) is 0 Å². The third kappa shape index (κ3) is 7.66. The molecular weight excluding hydrogens is 178 g/mol. The first kappa shape index (κ1) is 11.6. The average molecular weight is 194 g/mol. The lowest BCUT2D eigenvalue weighted by Gasteiger charge is -2.08. The minimum Gasteiger partial charge on any atom is -0.450 e. The molecular formula is C8H16ClNO2. The van der Waals surface area contributed by atoms with E-state index in [-0.39, 0.29) is 12.1 Å². The van der Waals surface area contributed by atoms with Gasteiger partial charge in [-0.15, -0.1) is 11.6 Å². The number of carbonyl (C=O) groups is 1. The van der Waals surface area contributed by atoms with Crippen LogP contribution in [0.3, 0.4) is 0 Å². The molecule has 0 aromatic rings. The number of amides is 1. The summed E-state index contributed by atoms with van der Waals surface area (Å²) in [6.45, 7) is 4.23. The number of hydrogen-bond donors (Lipinski definition) is 1. The van der Waals surface area contributed by atoms with Crippen molar-refractivity contribution < 1.29 is 9.53 Å². The predicted octanol–water partition coefficient (Wildman–Crippen LogP) is 2.14. The molecule has 0 spiro atoms. The number of alkyl halides is 1. The molecule has 0 heterocycles. The summed E-state index contributed by atoms with van der Waals surface area (Å²) < 4.78 is 4.85. The molecule has 0 aromatic carbocycles. The van der Waals surface area contributed by atoms with Crippen LogP contribution < -0.4 is 5.32 Å². The zero-order valence-corrected chi connectivity index (χ0v) is 8.36. The highest BCUT2D eigenvalue weighted by atomic mass is 35.5. The van der Waals surface area contributed by atoms with Gasteiger partial charge in [0.15, 0.2) is 0 Å². The summed E-state index contributed by atoms with van der Waals surface area (Å²) in [4.78, 5) is 10.9. The van der Waals surface area contributed by atoms with E-state index in [0.29, 0.717) is 12.5 Å². The van der Waals surface area contributed by atoms with Crippen LogP contribution in [0.15, 0.2) is 0 Å². The van der Waals surface area contributed by atoms with Gasteiger partial charge in [-0.25, -0.2) is 4.79 Å². The van der Waals surface area contributed by atoms with E-state index in [0.717, 1.165) is 12.8 Å². The molecule has 0 saturated heterocycles. The van der Waals surface area contributed by atoms with Gasteiger partial charge in [-0.2, -0.15) is 0 Å². The zero-order chi connectivity index (χ0) is 9.40. The zero-order valence-electron chi connectivity index (χ0n) is 7.60. The number of alkyl carbamates (subject to hydrolysis) is 1. The van der Waals surface area contributed by atoms with E-state index in [2.05, 4.69) is 5.32 Å². The number of nitrogens with one attached hydrogen (secondary N) is 1. The van der Waals surface area contributed by atoms with Crippen LogP contribution in [0.5, 0.6) is 0 Å².